The number of ether oxygens (including phenoxy) is 3. The fourth-order valence-corrected chi connectivity index (χ4v) is 0.964. The maximum absolute atomic E-state index is 11.2. The molecule has 86 valence electrons. The van der Waals surface area contributed by atoms with Gasteiger partial charge in [0.2, 0.25) is 0 Å². The van der Waals surface area contributed by atoms with E-state index in [2.05, 4.69) is 16.1 Å². The van der Waals surface area contributed by atoms with Crippen molar-refractivity contribution in [2.24, 2.45) is 5.92 Å². The van der Waals surface area contributed by atoms with Gasteiger partial charge in [0.25, 0.3) is 0 Å². The minimum Gasteiger partial charge on any atom is -0.472 e. The van der Waals surface area contributed by atoms with E-state index >= 15 is 0 Å². The maximum atomic E-state index is 11.2. The zero-order valence-corrected chi connectivity index (χ0v) is 9.24. The molecule has 0 aliphatic heterocycles. The second kappa shape index (κ2) is 7.00. The average molecular weight is 216 g/mol. The van der Waals surface area contributed by atoms with Crippen molar-refractivity contribution < 1.29 is 23.8 Å². The molecule has 0 spiro atoms. The molecule has 0 radical (unpaired) electrons. The van der Waals surface area contributed by atoms with Crippen molar-refractivity contribution in [1.29, 1.82) is 0 Å². The summed E-state index contributed by atoms with van der Waals surface area (Å²) in [6.45, 7) is 4.94. The Morgan fingerprint density at radius 1 is 1.33 bits per heavy atom. The Bertz CT molecular complexity index is 246. The summed E-state index contributed by atoms with van der Waals surface area (Å²) in [5.41, 5.74) is 0. The van der Waals surface area contributed by atoms with Crippen LogP contribution in [0.15, 0.2) is 12.3 Å². The van der Waals surface area contributed by atoms with Crippen molar-refractivity contribution in [1.82, 2.24) is 0 Å². The van der Waals surface area contributed by atoms with Crippen LogP contribution >= 0.6 is 0 Å². The smallest absolute Gasteiger partial charge is 0.316 e. The van der Waals surface area contributed by atoms with Crippen molar-refractivity contribution in [2.75, 3.05) is 21.0 Å². The molecule has 0 fully saturated rings. The quantitative estimate of drug-likeness (QED) is 0.274. The van der Waals surface area contributed by atoms with Crippen molar-refractivity contribution in [3.05, 3.63) is 12.3 Å². The molecule has 0 rings (SSSR count). The van der Waals surface area contributed by atoms with E-state index in [0.29, 0.717) is 5.76 Å². The van der Waals surface area contributed by atoms with Crippen LogP contribution in [-0.2, 0) is 23.8 Å². The molecular weight excluding hydrogens is 200 g/mol. The summed E-state index contributed by atoms with van der Waals surface area (Å²) in [5.74, 6) is -1.38. The molecule has 5 nitrogen and oxygen atoms in total. The fourth-order valence-electron chi connectivity index (χ4n) is 0.964. The van der Waals surface area contributed by atoms with Crippen molar-refractivity contribution in [3.63, 3.8) is 0 Å². The summed E-state index contributed by atoms with van der Waals surface area (Å²) in [7, 11) is 2.70. The lowest BCUT2D eigenvalue weighted by Gasteiger charge is -2.13. The van der Waals surface area contributed by atoms with Crippen molar-refractivity contribution in [3.8, 4) is 0 Å². The molecule has 1 atom stereocenters. The number of ketones is 1. The first-order valence-corrected chi connectivity index (χ1v) is 4.40. The first-order chi connectivity index (χ1) is 7.02. The summed E-state index contributed by atoms with van der Waals surface area (Å²) >= 11 is 0. The summed E-state index contributed by atoms with van der Waals surface area (Å²) < 4.78 is 14.1. The Morgan fingerprint density at radius 2 is 1.93 bits per heavy atom. The van der Waals surface area contributed by atoms with E-state index in [1.165, 1.54) is 21.1 Å². The number of carbonyl (C=O) groups is 2. The molecule has 15 heavy (non-hydrogen) atoms. The van der Waals surface area contributed by atoms with Gasteiger partial charge in [0.05, 0.1) is 12.9 Å². The highest BCUT2D eigenvalue weighted by atomic mass is 16.7. The van der Waals surface area contributed by atoms with Gasteiger partial charge in [-0.3, -0.25) is 9.59 Å². The van der Waals surface area contributed by atoms with Gasteiger partial charge in [-0.2, -0.15) is 0 Å². The Hall–Kier alpha value is -1.36. The third-order valence-corrected chi connectivity index (χ3v) is 1.79. The summed E-state index contributed by atoms with van der Waals surface area (Å²) in [6.07, 6.45) is 0.116. The molecule has 0 aliphatic carbocycles. The fraction of sp³-hybridized carbons (Fsp3) is 0.600. The molecule has 0 aliphatic rings. The van der Waals surface area contributed by atoms with E-state index in [1.807, 2.05) is 0 Å². The van der Waals surface area contributed by atoms with Crippen LogP contribution in [0.3, 0.4) is 0 Å². The second-order valence-corrected chi connectivity index (χ2v) is 2.98. The minimum atomic E-state index is -0.848. The molecule has 0 heterocycles. The van der Waals surface area contributed by atoms with E-state index in [1.54, 1.807) is 0 Å². The second-order valence-electron chi connectivity index (χ2n) is 2.98. The van der Waals surface area contributed by atoms with Crippen molar-refractivity contribution in [2.45, 2.75) is 13.3 Å². The van der Waals surface area contributed by atoms with Gasteiger partial charge in [-0.1, -0.05) is 6.58 Å². The molecule has 0 saturated carbocycles. The summed E-state index contributed by atoms with van der Waals surface area (Å²) in [6, 6.07) is 0. The van der Waals surface area contributed by atoms with E-state index in [-0.39, 0.29) is 19.0 Å². The maximum Gasteiger partial charge on any atom is 0.316 e. The molecule has 0 bridgehead atoms. The summed E-state index contributed by atoms with van der Waals surface area (Å²) in [5, 5.41) is 0. The zero-order chi connectivity index (χ0) is 11.8. The van der Waals surface area contributed by atoms with Crippen LogP contribution < -0.4 is 0 Å². The van der Waals surface area contributed by atoms with Gasteiger partial charge in [0.1, 0.15) is 11.7 Å². The first kappa shape index (κ1) is 13.6. The Labute approximate surface area is 89.0 Å². The number of rotatable bonds is 7. The van der Waals surface area contributed by atoms with Crippen molar-refractivity contribution >= 4 is 11.8 Å². The van der Waals surface area contributed by atoms with Crippen LogP contribution in [0, 0.1) is 5.92 Å². The molecule has 0 aromatic carbocycles. The van der Waals surface area contributed by atoms with Crippen LogP contribution in [0.5, 0.6) is 0 Å². The summed E-state index contributed by atoms with van der Waals surface area (Å²) in [4.78, 5) is 22.3. The van der Waals surface area contributed by atoms with Crippen LogP contribution in [0.2, 0.25) is 0 Å². The number of allylic oxidation sites excluding steroid dienone is 1. The highest BCUT2D eigenvalue weighted by Crippen LogP contribution is 2.14. The van der Waals surface area contributed by atoms with Crippen LogP contribution in [-0.4, -0.2) is 32.8 Å². The molecule has 0 aromatic heterocycles. The minimum absolute atomic E-state index is 0.0463. The molecule has 0 aromatic rings. The standard InChI is InChI=1S/C10H16O5/c1-7(15-6-13-3)5-9(8(2)11)10(12)14-4/h9H,1,5-6H2,2-4H3. The van der Waals surface area contributed by atoms with Crippen LogP contribution in [0.4, 0.5) is 0 Å². The molecule has 0 N–H and O–H groups in total. The lowest BCUT2D eigenvalue weighted by atomic mass is 10.0. The molecule has 5 heteroatoms. The zero-order valence-electron chi connectivity index (χ0n) is 9.24. The largest absolute Gasteiger partial charge is 0.472 e. The molecular formula is C10H16O5. The Morgan fingerprint density at radius 3 is 2.33 bits per heavy atom. The van der Waals surface area contributed by atoms with Crippen LogP contribution in [0.1, 0.15) is 13.3 Å². The van der Waals surface area contributed by atoms with Gasteiger partial charge in [-0.05, 0) is 6.92 Å². The average Bonchev–Trinajstić information content (AvgIpc) is 2.21. The van der Waals surface area contributed by atoms with Gasteiger partial charge in [0.15, 0.2) is 6.79 Å². The first-order valence-electron chi connectivity index (χ1n) is 4.40. The number of methoxy groups -OCH3 is 2. The lowest BCUT2D eigenvalue weighted by molar-refractivity contribution is -0.149. The molecule has 0 amide bonds. The molecule has 0 saturated heterocycles. The normalized spacial score (nSPS) is 11.7. The highest BCUT2D eigenvalue weighted by Gasteiger charge is 2.25. The van der Waals surface area contributed by atoms with E-state index in [0.717, 1.165) is 0 Å². The van der Waals surface area contributed by atoms with Gasteiger partial charge < -0.3 is 14.2 Å². The van der Waals surface area contributed by atoms with Gasteiger partial charge in [-0.25, -0.2) is 0 Å². The number of esters is 1. The highest BCUT2D eigenvalue weighted by molar-refractivity contribution is 5.97. The Kier molecular flexibility index (Phi) is 6.37. The molecule has 1 unspecified atom stereocenters. The van der Waals surface area contributed by atoms with Gasteiger partial charge in [0, 0.05) is 13.5 Å². The van der Waals surface area contributed by atoms with E-state index in [9.17, 15) is 9.59 Å². The number of carbonyl (C=O) groups excluding carboxylic acids is 2. The Balaban J connectivity index is 4.23. The topological polar surface area (TPSA) is 61.8 Å². The van der Waals surface area contributed by atoms with E-state index in [4.69, 9.17) is 4.74 Å². The number of hydrogen-bond donors (Lipinski definition) is 0. The van der Waals surface area contributed by atoms with Gasteiger partial charge >= 0.3 is 5.97 Å². The monoisotopic (exact) mass is 216 g/mol. The number of hydrogen-bond acceptors (Lipinski definition) is 5. The predicted octanol–water partition coefficient (Wildman–Crippen LogP) is 0.889. The number of Topliss-reactive ketones (excluding diaryl/α,β-unsaturated/α-hetero) is 1. The van der Waals surface area contributed by atoms with Crippen LogP contribution in [0.25, 0.3) is 0 Å². The van der Waals surface area contributed by atoms with Gasteiger partial charge in [-0.15, -0.1) is 0 Å². The third-order valence-electron chi connectivity index (χ3n) is 1.79. The SMILES string of the molecule is C=C(CC(C(C)=O)C(=O)OC)OCOC. The lowest BCUT2D eigenvalue weighted by Crippen LogP contribution is -2.24. The third kappa shape index (κ3) is 5.17. The van der Waals surface area contributed by atoms with E-state index < -0.39 is 11.9 Å². The predicted molar refractivity (Wildman–Crippen MR) is 52.9 cm³/mol.